The van der Waals surface area contributed by atoms with Gasteiger partial charge >= 0.3 is 0 Å². The van der Waals surface area contributed by atoms with E-state index in [0.717, 1.165) is 55.4 Å². The molecule has 1 aromatic carbocycles. The predicted octanol–water partition coefficient (Wildman–Crippen LogP) is 3.50. The lowest BCUT2D eigenvalue weighted by atomic mass is 10.0. The molecular formula is C24H28N6O2. The molecule has 0 unspecified atom stereocenters. The summed E-state index contributed by atoms with van der Waals surface area (Å²) in [5.74, 6) is 1.57. The molecule has 2 saturated heterocycles. The van der Waals surface area contributed by atoms with Gasteiger partial charge in [-0.3, -0.25) is 14.8 Å². The lowest BCUT2D eigenvalue weighted by Gasteiger charge is -2.24. The normalized spacial score (nSPS) is 18.9. The standard InChI is InChI=1S/C24H28N6O2/c1-32-18-7-4-6-17(14-18)22(31)16-30-13-5-8-21(30)23-19(15-26-28-23)20-9-10-25-24(27-20)29-11-2-3-12-29/h4,6-7,9-10,14-15,21H,2-3,5,8,11-13,16H2,1H3,(H,26,28)/t21-/m0/s1. The van der Waals surface area contributed by atoms with Gasteiger partial charge in [0.2, 0.25) is 5.95 Å². The van der Waals surface area contributed by atoms with Crippen molar-refractivity contribution in [3.05, 3.63) is 54.0 Å². The van der Waals surface area contributed by atoms with Gasteiger partial charge in [-0.2, -0.15) is 5.10 Å². The minimum absolute atomic E-state index is 0.0928. The summed E-state index contributed by atoms with van der Waals surface area (Å²) in [4.78, 5) is 26.8. The molecule has 3 aromatic rings. The molecule has 0 bridgehead atoms. The Labute approximate surface area is 187 Å². The molecule has 32 heavy (non-hydrogen) atoms. The highest BCUT2D eigenvalue weighted by atomic mass is 16.5. The molecule has 0 saturated carbocycles. The number of ketones is 1. The number of Topliss-reactive ketones (excluding diaryl/α,β-unsaturated/α-hetero) is 1. The molecule has 1 atom stereocenters. The first-order valence-corrected chi connectivity index (χ1v) is 11.3. The van der Waals surface area contributed by atoms with Crippen LogP contribution in [0.2, 0.25) is 0 Å². The summed E-state index contributed by atoms with van der Waals surface area (Å²) in [6.07, 6.45) is 8.05. The number of rotatable bonds is 7. The fourth-order valence-corrected chi connectivity index (χ4v) is 4.74. The number of nitrogens with zero attached hydrogens (tertiary/aromatic N) is 5. The van der Waals surface area contributed by atoms with Gasteiger partial charge in [-0.15, -0.1) is 0 Å². The zero-order valence-corrected chi connectivity index (χ0v) is 18.3. The zero-order chi connectivity index (χ0) is 21.9. The third-order valence-corrected chi connectivity index (χ3v) is 6.41. The molecule has 0 aliphatic carbocycles. The van der Waals surface area contributed by atoms with E-state index < -0.39 is 0 Å². The van der Waals surface area contributed by atoms with Crippen molar-refractivity contribution in [3.63, 3.8) is 0 Å². The number of aromatic amines is 1. The molecule has 0 amide bonds. The Morgan fingerprint density at radius 2 is 2.06 bits per heavy atom. The Balaban J connectivity index is 1.37. The number of anilines is 1. The third kappa shape index (κ3) is 4.10. The van der Waals surface area contributed by atoms with Crippen molar-refractivity contribution in [2.75, 3.05) is 38.2 Å². The van der Waals surface area contributed by atoms with Crippen LogP contribution in [0.25, 0.3) is 11.3 Å². The van der Waals surface area contributed by atoms with Crippen LogP contribution in [0, 0.1) is 0 Å². The van der Waals surface area contributed by atoms with Crippen molar-refractivity contribution in [2.24, 2.45) is 0 Å². The average molecular weight is 433 g/mol. The maximum Gasteiger partial charge on any atom is 0.225 e. The van der Waals surface area contributed by atoms with Crippen molar-refractivity contribution in [3.8, 4) is 17.0 Å². The molecule has 2 aliphatic heterocycles. The topological polar surface area (TPSA) is 87.2 Å². The second-order valence-electron chi connectivity index (χ2n) is 8.42. The maximum atomic E-state index is 13.0. The van der Waals surface area contributed by atoms with E-state index in [1.807, 2.05) is 36.7 Å². The molecule has 8 heteroatoms. The van der Waals surface area contributed by atoms with Crippen molar-refractivity contribution in [1.82, 2.24) is 25.1 Å². The fraction of sp³-hybridized carbons (Fsp3) is 0.417. The molecular weight excluding hydrogens is 404 g/mol. The summed E-state index contributed by atoms with van der Waals surface area (Å²) in [6, 6.07) is 9.40. The molecule has 2 aromatic heterocycles. The van der Waals surface area contributed by atoms with E-state index in [4.69, 9.17) is 9.72 Å². The summed E-state index contributed by atoms with van der Waals surface area (Å²) in [7, 11) is 1.61. The van der Waals surface area contributed by atoms with E-state index in [-0.39, 0.29) is 11.8 Å². The molecule has 4 heterocycles. The van der Waals surface area contributed by atoms with Gasteiger partial charge in [0, 0.05) is 30.4 Å². The third-order valence-electron chi connectivity index (χ3n) is 6.41. The molecule has 2 fully saturated rings. The van der Waals surface area contributed by atoms with Crippen LogP contribution in [0.5, 0.6) is 5.75 Å². The van der Waals surface area contributed by atoms with Crippen LogP contribution in [-0.2, 0) is 0 Å². The fourth-order valence-electron chi connectivity index (χ4n) is 4.74. The van der Waals surface area contributed by atoms with Gasteiger partial charge in [0.05, 0.1) is 37.3 Å². The molecule has 2 aliphatic rings. The number of aromatic nitrogens is 4. The number of carbonyl (C=O) groups is 1. The maximum absolute atomic E-state index is 13.0. The molecule has 5 rings (SSSR count). The van der Waals surface area contributed by atoms with Crippen LogP contribution in [0.3, 0.4) is 0 Å². The summed E-state index contributed by atoms with van der Waals surface area (Å²) in [6.45, 7) is 3.25. The average Bonchev–Trinajstić information content (AvgIpc) is 3.60. The van der Waals surface area contributed by atoms with E-state index in [9.17, 15) is 4.79 Å². The second-order valence-corrected chi connectivity index (χ2v) is 8.42. The summed E-state index contributed by atoms with van der Waals surface area (Å²) < 4.78 is 5.27. The monoisotopic (exact) mass is 432 g/mol. The number of hydrogen-bond donors (Lipinski definition) is 1. The van der Waals surface area contributed by atoms with E-state index >= 15 is 0 Å². The van der Waals surface area contributed by atoms with Gasteiger partial charge in [0.1, 0.15) is 5.75 Å². The Bertz CT molecular complexity index is 1090. The lowest BCUT2D eigenvalue weighted by Crippen LogP contribution is -2.30. The quantitative estimate of drug-likeness (QED) is 0.572. The largest absolute Gasteiger partial charge is 0.497 e. The van der Waals surface area contributed by atoms with Crippen molar-refractivity contribution in [1.29, 1.82) is 0 Å². The molecule has 1 N–H and O–H groups in total. The van der Waals surface area contributed by atoms with Crippen molar-refractivity contribution >= 4 is 11.7 Å². The predicted molar refractivity (Wildman–Crippen MR) is 122 cm³/mol. The Kier molecular flexibility index (Phi) is 5.85. The van der Waals surface area contributed by atoms with Gasteiger partial charge in [-0.25, -0.2) is 9.97 Å². The first-order chi connectivity index (χ1) is 15.7. The van der Waals surface area contributed by atoms with Crippen molar-refractivity contribution in [2.45, 2.75) is 31.7 Å². The zero-order valence-electron chi connectivity index (χ0n) is 18.3. The highest BCUT2D eigenvalue weighted by Crippen LogP contribution is 2.36. The Morgan fingerprint density at radius 1 is 1.19 bits per heavy atom. The summed E-state index contributed by atoms with van der Waals surface area (Å²) in [5, 5.41) is 7.54. The Morgan fingerprint density at radius 3 is 2.91 bits per heavy atom. The number of hydrogen-bond acceptors (Lipinski definition) is 7. The van der Waals surface area contributed by atoms with Crippen LogP contribution in [0.4, 0.5) is 5.95 Å². The van der Waals surface area contributed by atoms with E-state index in [1.165, 1.54) is 12.8 Å². The molecule has 0 spiro atoms. The molecule has 166 valence electrons. The van der Waals surface area contributed by atoms with E-state index in [1.54, 1.807) is 13.2 Å². The number of ether oxygens (including phenoxy) is 1. The van der Waals surface area contributed by atoms with E-state index in [2.05, 4.69) is 25.0 Å². The number of methoxy groups -OCH3 is 1. The molecule has 0 radical (unpaired) electrons. The van der Waals surface area contributed by atoms with E-state index in [0.29, 0.717) is 17.9 Å². The summed E-state index contributed by atoms with van der Waals surface area (Å²) in [5.41, 5.74) is 3.55. The van der Waals surface area contributed by atoms with Gasteiger partial charge in [-0.1, -0.05) is 12.1 Å². The highest BCUT2D eigenvalue weighted by molar-refractivity contribution is 5.98. The van der Waals surface area contributed by atoms with Crippen LogP contribution >= 0.6 is 0 Å². The Hall–Kier alpha value is -3.26. The highest BCUT2D eigenvalue weighted by Gasteiger charge is 2.31. The second kappa shape index (κ2) is 9.08. The first kappa shape index (κ1) is 20.6. The summed E-state index contributed by atoms with van der Waals surface area (Å²) >= 11 is 0. The number of nitrogens with one attached hydrogen (secondary N) is 1. The minimum Gasteiger partial charge on any atom is -0.497 e. The van der Waals surface area contributed by atoms with Gasteiger partial charge in [0.15, 0.2) is 5.78 Å². The number of carbonyl (C=O) groups excluding carboxylic acids is 1. The smallest absolute Gasteiger partial charge is 0.225 e. The van der Waals surface area contributed by atoms with Gasteiger partial charge in [0.25, 0.3) is 0 Å². The lowest BCUT2D eigenvalue weighted by molar-refractivity contribution is 0.0920. The SMILES string of the molecule is COc1cccc(C(=O)CN2CCC[C@H]2c2[nH]ncc2-c2ccnc(N3CCCC3)n2)c1. The van der Waals surface area contributed by atoms with Crippen LogP contribution in [-0.4, -0.2) is 64.1 Å². The van der Waals surface area contributed by atoms with Gasteiger partial charge in [-0.05, 0) is 50.4 Å². The van der Waals surface area contributed by atoms with Gasteiger partial charge < -0.3 is 9.64 Å². The number of likely N-dealkylation sites (tertiary alicyclic amines) is 1. The van der Waals surface area contributed by atoms with Crippen LogP contribution in [0.15, 0.2) is 42.7 Å². The first-order valence-electron chi connectivity index (χ1n) is 11.3. The number of H-pyrrole nitrogens is 1. The van der Waals surface area contributed by atoms with Crippen molar-refractivity contribution < 1.29 is 9.53 Å². The van der Waals surface area contributed by atoms with Crippen LogP contribution < -0.4 is 9.64 Å². The molecule has 8 nitrogen and oxygen atoms in total. The minimum atomic E-state index is 0.0928. The van der Waals surface area contributed by atoms with Crippen LogP contribution in [0.1, 0.15) is 47.8 Å². The number of benzene rings is 1.